The number of carbonyl (C=O) groups is 1. The van der Waals surface area contributed by atoms with Crippen molar-refractivity contribution in [1.82, 2.24) is 10.2 Å². The largest absolute Gasteiger partial charge is 0.483 e. The fraction of sp³-hybridized carbons (Fsp3) is 0.0870. The number of ether oxygens (including phenoxy) is 1. The average Bonchev–Trinajstić information content (AvgIpc) is 3.26. The van der Waals surface area contributed by atoms with Crippen LogP contribution in [0.4, 0.5) is 5.69 Å². The van der Waals surface area contributed by atoms with Crippen LogP contribution in [0.1, 0.15) is 5.56 Å². The predicted octanol–water partition coefficient (Wildman–Crippen LogP) is 5.38. The van der Waals surface area contributed by atoms with Crippen molar-refractivity contribution < 1.29 is 13.9 Å². The molecule has 7 heteroatoms. The highest BCUT2D eigenvalue weighted by atomic mass is 35.5. The van der Waals surface area contributed by atoms with Crippen molar-refractivity contribution in [3.05, 3.63) is 83.4 Å². The van der Waals surface area contributed by atoms with Crippen molar-refractivity contribution in [3.8, 4) is 28.7 Å². The Morgan fingerprint density at radius 1 is 0.967 bits per heavy atom. The molecule has 0 aliphatic heterocycles. The Bertz CT molecular complexity index is 1180. The van der Waals surface area contributed by atoms with E-state index in [1.807, 2.05) is 49.4 Å². The van der Waals surface area contributed by atoms with Gasteiger partial charge in [0, 0.05) is 16.3 Å². The van der Waals surface area contributed by atoms with Gasteiger partial charge < -0.3 is 14.5 Å². The molecule has 1 N–H and O–H groups in total. The molecule has 1 aromatic heterocycles. The molecule has 6 nitrogen and oxygen atoms in total. The third-order valence-corrected chi connectivity index (χ3v) is 4.87. The summed E-state index contributed by atoms with van der Waals surface area (Å²) in [6.45, 7) is 1.66. The van der Waals surface area contributed by atoms with Crippen LogP contribution in [0.2, 0.25) is 5.02 Å². The number of anilines is 1. The molecule has 150 valence electrons. The first-order valence-corrected chi connectivity index (χ1v) is 9.65. The second kappa shape index (κ2) is 8.80. The van der Waals surface area contributed by atoms with Crippen LogP contribution < -0.4 is 10.1 Å². The van der Waals surface area contributed by atoms with Crippen LogP contribution in [0, 0.1) is 6.92 Å². The molecular formula is C23H18ClN3O3. The molecule has 0 aliphatic rings. The van der Waals surface area contributed by atoms with Crippen LogP contribution >= 0.6 is 11.6 Å². The minimum Gasteiger partial charge on any atom is -0.483 e. The van der Waals surface area contributed by atoms with Crippen molar-refractivity contribution in [2.75, 3.05) is 11.9 Å². The Kier molecular flexibility index (Phi) is 5.77. The summed E-state index contributed by atoms with van der Waals surface area (Å²) < 4.78 is 11.5. The number of nitrogens with zero attached hydrogens (tertiary/aromatic N) is 2. The van der Waals surface area contributed by atoms with E-state index in [9.17, 15) is 4.79 Å². The zero-order valence-electron chi connectivity index (χ0n) is 16.1. The van der Waals surface area contributed by atoms with E-state index in [2.05, 4.69) is 15.5 Å². The van der Waals surface area contributed by atoms with Crippen LogP contribution in [0.5, 0.6) is 5.75 Å². The van der Waals surface area contributed by atoms with Crippen molar-refractivity contribution in [1.29, 1.82) is 0 Å². The van der Waals surface area contributed by atoms with Crippen molar-refractivity contribution in [3.63, 3.8) is 0 Å². The molecule has 0 saturated heterocycles. The number of halogens is 1. The van der Waals surface area contributed by atoms with E-state index in [0.29, 0.717) is 33.8 Å². The molecule has 0 unspecified atom stereocenters. The Morgan fingerprint density at radius 2 is 1.70 bits per heavy atom. The SMILES string of the molecule is Cc1c(Cl)cccc1NC(=O)COc1ccccc1-c1nnc(-c2ccccc2)o1. The lowest BCUT2D eigenvalue weighted by molar-refractivity contribution is -0.118. The Labute approximate surface area is 178 Å². The van der Waals surface area contributed by atoms with Gasteiger partial charge in [0.15, 0.2) is 6.61 Å². The zero-order valence-corrected chi connectivity index (χ0v) is 16.9. The minimum absolute atomic E-state index is 0.178. The fourth-order valence-electron chi connectivity index (χ4n) is 2.87. The van der Waals surface area contributed by atoms with Gasteiger partial charge in [0.05, 0.1) is 5.56 Å². The van der Waals surface area contributed by atoms with Gasteiger partial charge in [-0.1, -0.05) is 48.0 Å². The number of aromatic nitrogens is 2. The van der Waals surface area contributed by atoms with Gasteiger partial charge in [-0.05, 0) is 48.9 Å². The number of para-hydroxylation sites is 1. The lowest BCUT2D eigenvalue weighted by Gasteiger charge is -2.11. The van der Waals surface area contributed by atoms with Gasteiger partial charge in [-0.3, -0.25) is 4.79 Å². The highest BCUT2D eigenvalue weighted by Crippen LogP contribution is 2.31. The molecule has 1 amide bonds. The van der Waals surface area contributed by atoms with Crippen LogP contribution in [-0.2, 0) is 4.79 Å². The van der Waals surface area contributed by atoms with Gasteiger partial charge in [0.25, 0.3) is 11.8 Å². The summed E-state index contributed by atoms with van der Waals surface area (Å²) in [5, 5.41) is 11.6. The Morgan fingerprint density at radius 3 is 2.53 bits per heavy atom. The van der Waals surface area contributed by atoms with Gasteiger partial charge in [0.2, 0.25) is 5.89 Å². The molecule has 0 aliphatic carbocycles. The van der Waals surface area contributed by atoms with Gasteiger partial charge in [0.1, 0.15) is 5.75 Å². The summed E-state index contributed by atoms with van der Waals surface area (Å²) in [6, 6.07) is 22.0. The normalized spacial score (nSPS) is 10.6. The monoisotopic (exact) mass is 419 g/mol. The standard InChI is InChI=1S/C23H18ClN3O3/c1-15-18(24)11-7-12-19(15)25-21(28)14-29-20-13-6-5-10-17(20)23-27-26-22(30-23)16-8-3-2-4-9-16/h2-13H,14H2,1H3,(H,25,28). The lowest BCUT2D eigenvalue weighted by Crippen LogP contribution is -2.20. The van der Waals surface area contributed by atoms with E-state index in [4.69, 9.17) is 20.8 Å². The topological polar surface area (TPSA) is 77.2 Å². The third-order valence-electron chi connectivity index (χ3n) is 4.46. The second-order valence-electron chi connectivity index (χ2n) is 6.52. The van der Waals surface area contributed by atoms with Crippen LogP contribution in [0.3, 0.4) is 0 Å². The zero-order chi connectivity index (χ0) is 20.9. The molecule has 1 heterocycles. The number of hydrogen-bond acceptors (Lipinski definition) is 5. The number of nitrogens with one attached hydrogen (secondary N) is 1. The molecule has 0 spiro atoms. The van der Waals surface area contributed by atoms with E-state index in [1.165, 1.54) is 0 Å². The van der Waals surface area contributed by atoms with E-state index in [-0.39, 0.29) is 12.5 Å². The lowest BCUT2D eigenvalue weighted by atomic mass is 10.2. The van der Waals surface area contributed by atoms with E-state index in [0.717, 1.165) is 11.1 Å². The summed E-state index contributed by atoms with van der Waals surface area (Å²) in [7, 11) is 0. The molecule has 0 bridgehead atoms. The van der Waals surface area contributed by atoms with Gasteiger partial charge in [-0.15, -0.1) is 10.2 Å². The van der Waals surface area contributed by atoms with E-state index < -0.39 is 0 Å². The number of benzene rings is 3. The number of amides is 1. The van der Waals surface area contributed by atoms with Crippen LogP contribution in [0.25, 0.3) is 22.9 Å². The van der Waals surface area contributed by atoms with Crippen molar-refractivity contribution in [2.45, 2.75) is 6.92 Å². The van der Waals surface area contributed by atoms with Gasteiger partial charge in [-0.2, -0.15) is 0 Å². The maximum atomic E-state index is 12.4. The van der Waals surface area contributed by atoms with Crippen molar-refractivity contribution in [2.24, 2.45) is 0 Å². The molecule has 0 radical (unpaired) electrons. The van der Waals surface area contributed by atoms with Crippen LogP contribution in [-0.4, -0.2) is 22.7 Å². The van der Waals surface area contributed by atoms with Crippen LogP contribution in [0.15, 0.2) is 77.2 Å². The summed E-state index contributed by atoms with van der Waals surface area (Å²) in [5.41, 5.74) is 2.88. The average molecular weight is 420 g/mol. The molecule has 0 atom stereocenters. The molecule has 4 aromatic rings. The minimum atomic E-state index is -0.300. The highest BCUT2D eigenvalue weighted by molar-refractivity contribution is 6.31. The molecule has 4 rings (SSSR count). The molecular weight excluding hydrogens is 402 g/mol. The summed E-state index contributed by atoms with van der Waals surface area (Å²) in [4.78, 5) is 12.4. The first kappa shape index (κ1) is 19.7. The smallest absolute Gasteiger partial charge is 0.262 e. The number of carbonyl (C=O) groups excluding carboxylic acids is 1. The summed E-state index contributed by atoms with van der Waals surface area (Å²) >= 11 is 6.10. The maximum Gasteiger partial charge on any atom is 0.262 e. The Hall–Kier alpha value is -3.64. The first-order valence-electron chi connectivity index (χ1n) is 9.28. The molecule has 30 heavy (non-hydrogen) atoms. The quantitative estimate of drug-likeness (QED) is 0.453. The first-order chi connectivity index (χ1) is 14.6. The van der Waals surface area contributed by atoms with E-state index in [1.54, 1.807) is 30.3 Å². The maximum absolute atomic E-state index is 12.4. The number of rotatable bonds is 6. The van der Waals surface area contributed by atoms with Crippen molar-refractivity contribution >= 4 is 23.2 Å². The molecule has 3 aromatic carbocycles. The Balaban J connectivity index is 1.48. The molecule has 0 fully saturated rings. The fourth-order valence-corrected chi connectivity index (χ4v) is 3.05. The summed E-state index contributed by atoms with van der Waals surface area (Å²) in [5.74, 6) is 0.898. The predicted molar refractivity (Wildman–Crippen MR) is 115 cm³/mol. The third kappa shape index (κ3) is 4.34. The number of hydrogen-bond donors (Lipinski definition) is 1. The van der Waals surface area contributed by atoms with Gasteiger partial charge in [-0.25, -0.2) is 0 Å². The van der Waals surface area contributed by atoms with E-state index >= 15 is 0 Å². The highest BCUT2D eigenvalue weighted by Gasteiger charge is 2.16. The van der Waals surface area contributed by atoms with Gasteiger partial charge >= 0.3 is 0 Å². The second-order valence-corrected chi connectivity index (χ2v) is 6.93. The summed E-state index contributed by atoms with van der Waals surface area (Å²) in [6.07, 6.45) is 0. The molecule has 0 saturated carbocycles.